The van der Waals surface area contributed by atoms with Crippen LogP contribution < -0.4 is 10.6 Å². The number of anilines is 1. The maximum Gasteiger partial charge on any atom is 0.251 e. The lowest BCUT2D eigenvalue weighted by atomic mass is 10.2. The largest absolute Gasteiger partial charge is 0.366 e. The zero-order valence-corrected chi connectivity index (χ0v) is 11.8. The third kappa shape index (κ3) is 4.16. The van der Waals surface area contributed by atoms with Gasteiger partial charge < -0.3 is 10.6 Å². The van der Waals surface area contributed by atoms with Crippen molar-refractivity contribution in [2.24, 2.45) is 0 Å². The Morgan fingerprint density at radius 1 is 1.19 bits per heavy atom. The van der Waals surface area contributed by atoms with Crippen LogP contribution in [0, 0.1) is 11.3 Å². The van der Waals surface area contributed by atoms with Crippen LogP contribution in [0.4, 0.5) is 5.82 Å². The fourth-order valence-corrected chi connectivity index (χ4v) is 1.74. The smallest absolute Gasteiger partial charge is 0.251 e. The van der Waals surface area contributed by atoms with Gasteiger partial charge in [0.25, 0.3) is 5.91 Å². The van der Waals surface area contributed by atoms with Gasteiger partial charge in [0.05, 0.1) is 0 Å². The van der Waals surface area contributed by atoms with Crippen LogP contribution in [-0.4, -0.2) is 29.0 Å². The molecule has 0 aliphatic rings. The molecule has 2 rings (SSSR count). The lowest BCUT2D eigenvalue weighted by molar-refractivity contribution is 0.0955. The van der Waals surface area contributed by atoms with Crippen LogP contribution in [0.25, 0.3) is 0 Å². The van der Waals surface area contributed by atoms with E-state index in [0.29, 0.717) is 29.5 Å². The highest BCUT2D eigenvalue weighted by atomic mass is 35.5. The Bertz CT molecular complexity index is 666. The Hall–Kier alpha value is -2.65. The van der Waals surface area contributed by atoms with Crippen molar-refractivity contribution in [1.82, 2.24) is 15.3 Å². The van der Waals surface area contributed by atoms with Crippen LogP contribution >= 0.6 is 11.6 Å². The zero-order chi connectivity index (χ0) is 15.1. The molecule has 1 aromatic heterocycles. The normalized spacial score (nSPS) is 9.71. The van der Waals surface area contributed by atoms with E-state index in [1.165, 1.54) is 12.4 Å². The van der Waals surface area contributed by atoms with Crippen molar-refractivity contribution in [1.29, 1.82) is 5.26 Å². The molecule has 0 saturated heterocycles. The number of amides is 1. The number of aromatic nitrogens is 2. The second-order valence-corrected chi connectivity index (χ2v) is 4.49. The summed E-state index contributed by atoms with van der Waals surface area (Å²) in [5.74, 6) is 0.217. The first-order chi connectivity index (χ1) is 10.2. The maximum atomic E-state index is 11.8. The lowest BCUT2D eigenvalue weighted by Crippen LogP contribution is -2.29. The summed E-state index contributed by atoms with van der Waals surface area (Å²) in [5, 5.41) is 15.1. The Balaban J connectivity index is 1.81. The maximum absolute atomic E-state index is 11.8. The average Bonchev–Trinajstić information content (AvgIpc) is 2.52. The summed E-state index contributed by atoms with van der Waals surface area (Å²) in [4.78, 5) is 19.7. The van der Waals surface area contributed by atoms with E-state index in [-0.39, 0.29) is 11.6 Å². The van der Waals surface area contributed by atoms with Crippen LogP contribution in [0.1, 0.15) is 16.1 Å². The highest BCUT2D eigenvalue weighted by Crippen LogP contribution is 2.09. The van der Waals surface area contributed by atoms with Crippen molar-refractivity contribution in [3.63, 3.8) is 0 Å². The van der Waals surface area contributed by atoms with E-state index in [4.69, 9.17) is 16.9 Å². The third-order valence-corrected chi connectivity index (χ3v) is 2.87. The van der Waals surface area contributed by atoms with E-state index >= 15 is 0 Å². The average molecular weight is 302 g/mol. The van der Waals surface area contributed by atoms with Gasteiger partial charge in [0, 0.05) is 36.1 Å². The molecule has 1 aromatic carbocycles. The molecule has 21 heavy (non-hydrogen) atoms. The Morgan fingerprint density at radius 2 is 1.90 bits per heavy atom. The minimum Gasteiger partial charge on any atom is -0.366 e. The van der Waals surface area contributed by atoms with Crippen molar-refractivity contribution < 1.29 is 4.79 Å². The molecule has 6 nitrogen and oxygen atoms in total. The molecule has 0 saturated carbocycles. The zero-order valence-electron chi connectivity index (χ0n) is 11.0. The monoisotopic (exact) mass is 301 g/mol. The summed E-state index contributed by atoms with van der Waals surface area (Å²) in [5.41, 5.74) is 0.762. The number of rotatable bonds is 5. The molecule has 0 atom stereocenters. The SMILES string of the molecule is N#Cc1nccnc1NCCNC(=O)c1ccc(Cl)cc1. The van der Waals surface area contributed by atoms with Gasteiger partial charge in [0.2, 0.25) is 0 Å². The number of carbonyl (C=O) groups is 1. The van der Waals surface area contributed by atoms with Crippen molar-refractivity contribution >= 4 is 23.3 Å². The molecule has 0 spiro atoms. The van der Waals surface area contributed by atoms with Crippen molar-refractivity contribution in [3.8, 4) is 6.07 Å². The highest BCUT2D eigenvalue weighted by Gasteiger charge is 2.05. The van der Waals surface area contributed by atoms with Crippen LogP contribution in [0.3, 0.4) is 0 Å². The predicted molar refractivity (Wildman–Crippen MR) is 79.0 cm³/mol. The van der Waals surface area contributed by atoms with Gasteiger partial charge in [-0.15, -0.1) is 0 Å². The Kier molecular flexibility index (Phi) is 5.07. The molecule has 0 radical (unpaired) electrons. The van der Waals surface area contributed by atoms with E-state index in [9.17, 15) is 4.79 Å². The molecule has 2 aromatic rings. The number of halogens is 1. The minimum atomic E-state index is -0.187. The molecule has 1 heterocycles. The molecule has 106 valence electrons. The van der Waals surface area contributed by atoms with Gasteiger partial charge in [-0.3, -0.25) is 4.79 Å². The predicted octanol–water partition coefficient (Wildman–Crippen LogP) is 1.84. The summed E-state index contributed by atoms with van der Waals surface area (Å²) in [6.07, 6.45) is 2.95. The Labute approximate surface area is 126 Å². The molecule has 0 aliphatic heterocycles. The van der Waals surface area contributed by atoms with Crippen LogP contribution in [-0.2, 0) is 0 Å². The van der Waals surface area contributed by atoms with Crippen LogP contribution in [0.5, 0.6) is 0 Å². The van der Waals surface area contributed by atoms with Gasteiger partial charge in [-0.1, -0.05) is 11.6 Å². The van der Waals surface area contributed by atoms with Crippen LogP contribution in [0.15, 0.2) is 36.7 Å². The minimum absolute atomic E-state index is 0.187. The number of hydrogen-bond donors (Lipinski definition) is 2. The number of benzene rings is 1. The van der Waals surface area contributed by atoms with Crippen LogP contribution in [0.2, 0.25) is 5.02 Å². The van der Waals surface area contributed by atoms with Gasteiger partial charge in [-0.25, -0.2) is 9.97 Å². The fourth-order valence-electron chi connectivity index (χ4n) is 1.61. The molecule has 0 fully saturated rings. The number of nitrogens with one attached hydrogen (secondary N) is 2. The number of hydrogen-bond acceptors (Lipinski definition) is 5. The third-order valence-electron chi connectivity index (χ3n) is 2.61. The highest BCUT2D eigenvalue weighted by molar-refractivity contribution is 6.30. The standard InChI is InChI=1S/C14H12ClN5O/c15-11-3-1-10(2-4-11)14(21)20-8-7-19-13-12(9-16)17-5-6-18-13/h1-6H,7-8H2,(H,18,19)(H,20,21). The summed E-state index contributed by atoms with van der Waals surface area (Å²) >= 11 is 5.76. The number of nitriles is 1. The molecule has 0 unspecified atom stereocenters. The van der Waals surface area contributed by atoms with Crippen molar-refractivity contribution in [2.75, 3.05) is 18.4 Å². The summed E-state index contributed by atoms with van der Waals surface area (Å²) in [6, 6.07) is 8.57. The van der Waals surface area contributed by atoms with Crippen molar-refractivity contribution in [3.05, 3.63) is 52.9 Å². The van der Waals surface area contributed by atoms with E-state index in [1.54, 1.807) is 24.3 Å². The van der Waals surface area contributed by atoms with Gasteiger partial charge in [0.1, 0.15) is 6.07 Å². The molecule has 2 N–H and O–H groups in total. The first-order valence-corrected chi connectivity index (χ1v) is 6.57. The molecule has 1 amide bonds. The van der Waals surface area contributed by atoms with E-state index in [0.717, 1.165) is 0 Å². The Morgan fingerprint density at radius 3 is 2.62 bits per heavy atom. The van der Waals surface area contributed by atoms with E-state index in [1.807, 2.05) is 6.07 Å². The van der Waals surface area contributed by atoms with Gasteiger partial charge in [-0.2, -0.15) is 5.26 Å². The van der Waals surface area contributed by atoms with Crippen molar-refractivity contribution in [2.45, 2.75) is 0 Å². The topological polar surface area (TPSA) is 90.7 Å². The second-order valence-electron chi connectivity index (χ2n) is 4.05. The number of nitrogens with zero attached hydrogens (tertiary/aromatic N) is 3. The van der Waals surface area contributed by atoms with Gasteiger partial charge >= 0.3 is 0 Å². The first kappa shape index (κ1) is 14.8. The lowest BCUT2D eigenvalue weighted by Gasteiger charge is -2.08. The molecule has 0 bridgehead atoms. The number of carbonyl (C=O) groups excluding carboxylic acids is 1. The van der Waals surface area contributed by atoms with Gasteiger partial charge in [0.15, 0.2) is 11.5 Å². The molecule has 7 heteroatoms. The van der Waals surface area contributed by atoms with Gasteiger partial charge in [-0.05, 0) is 24.3 Å². The molecule has 0 aliphatic carbocycles. The van der Waals surface area contributed by atoms with E-state index < -0.39 is 0 Å². The quantitative estimate of drug-likeness (QED) is 0.822. The molecular weight excluding hydrogens is 290 g/mol. The fraction of sp³-hybridized carbons (Fsp3) is 0.143. The molecular formula is C14H12ClN5O. The van der Waals surface area contributed by atoms with E-state index in [2.05, 4.69) is 20.6 Å². The summed E-state index contributed by atoms with van der Waals surface area (Å²) in [6.45, 7) is 0.829. The first-order valence-electron chi connectivity index (χ1n) is 6.19. The second kappa shape index (κ2) is 7.22. The summed E-state index contributed by atoms with van der Waals surface area (Å²) in [7, 11) is 0. The summed E-state index contributed by atoms with van der Waals surface area (Å²) < 4.78 is 0.